The standard InChI is InChI=1S/C22H28N4O2/c1-16-11-18(13-20(12-16)28-3)15-25-22(23-2)24-14-17-6-8-19(9-7-17)26-10-4-5-21(26)27/h6-9,11-13H,4-5,10,14-15H2,1-3H3,(H2,23,24,25). The Bertz CT molecular complexity index is 846. The molecule has 2 N–H and O–H groups in total. The first-order chi connectivity index (χ1) is 13.6. The monoisotopic (exact) mass is 380 g/mol. The quantitative estimate of drug-likeness (QED) is 0.597. The first kappa shape index (κ1) is 19.7. The van der Waals surface area contributed by atoms with Crippen LogP contribution in [0.2, 0.25) is 0 Å². The number of anilines is 1. The molecule has 0 atom stereocenters. The van der Waals surface area contributed by atoms with Crippen LogP contribution >= 0.6 is 0 Å². The Morgan fingerprint density at radius 3 is 2.43 bits per heavy atom. The zero-order valence-electron chi connectivity index (χ0n) is 16.8. The Morgan fingerprint density at radius 1 is 1.11 bits per heavy atom. The van der Waals surface area contributed by atoms with Crippen LogP contribution in [0.5, 0.6) is 5.75 Å². The second kappa shape index (κ2) is 9.26. The van der Waals surface area contributed by atoms with Crippen LogP contribution in [0, 0.1) is 6.92 Å². The van der Waals surface area contributed by atoms with E-state index in [1.165, 1.54) is 0 Å². The third-order valence-corrected chi connectivity index (χ3v) is 4.81. The Labute approximate surface area is 166 Å². The zero-order valence-corrected chi connectivity index (χ0v) is 16.8. The van der Waals surface area contributed by atoms with Crippen molar-refractivity contribution in [2.45, 2.75) is 32.9 Å². The van der Waals surface area contributed by atoms with Crippen molar-refractivity contribution in [1.82, 2.24) is 10.6 Å². The van der Waals surface area contributed by atoms with Gasteiger partial charge in [-0.15, -0.1) is 0 Å². The molecule has 2 aromatic carbocycles. The second-order valence-electron chi connectivity index (χ2n) is 6.95. The van der Waals surface area contributed by atoms with Crippen molar-refractivity contribution in [3.63, 3.8) is 0 Å². The third-order valence-electron chi connectivity index (χ3n) is 4.81. The van der Waals surface area contributed by atoms with E-state index in [-0.39, 0.29) is 5.91 Å². The van der Waals surface area contributed by atoms with Crippen LogP contribution in [0.15, 0.2) is 47.5 Å². The van der Waals surface area contributed by atoms with Gasteiger partial charge in [0.15, 0.2) is 5.96 Å². The number of benzene rings is 2. The fourth-order valence-corrected chi connectivity index (χ4v) is 3.35. The third kappa shape index (κ3) is 5.03. The predicted molar refractivity (Wildman–Crippen MR) is 113 cm³/mol. The van der Waals surface area contributed by atoms with Crippen LogP contribution in [0.4, 0.5) is 5.69 Å². The maximum atomic E-state index is 11.8. The largest absolute Gasteiger partial charge is 0.497 e. The topological polar surface area (TPSA) is 66.0 Å². The van der Waals surface area contributed by atoms with E-state index in [0.717, 1.165) is 47.1 Å². The number of nitrogens with zero attached hydrogens (tertiary/aromatic N) is 2. The molecule has 148 valence electrons. The Balaban J connectivity index is 1.53. The second-order valence-corrected chi connectivity index (χ2v) is 6.95. The minimum absolute atomic E-state index is 0.211. The number of aryl methyl sites for hydroxylation is 1. The molecule has 3 rings (SSSR count). The first-order valence-electron chi connectivity index (χ1n) is 9.57. The molecular formula is C22H28N4O2. The molecule has 28 heavy (non-hydrogen) atoms. The predicted octanol–water partition coefficient (Wildman–Crippen LogP) is 3.00. The van der Waals surface area contributed by atoms with Gasteiger partial charge in [-0.2, -0.15) is 0 Å². The van der Waals surface area contributed by atoms with Crippen molar-refractivity contribution in [3.8, 4) is 5.75 Å². The molecule has 1 aliphatic heterocycles. The van der Waals surface area contributed by atoms with Crippen LogP contribution in [0.3, 0.4) is 0 Å². The van der Waals surface area contributed by atoms with Gasteiger partial charge in [0.2, 0.25) is 5.91 Å². The van der Waals surface area contributed by atoms with Crippen molar-refractivity contribution in [1.29, 1.82) is 0 Å². The molecule has 1 fully saturated rings. The molecule has 0 aliphatic carbocycles. The van der Waals surface area contributed by atoms with Crippen LogP contribution in [0.1, 0.15) is 29.5 Å². The highest BCUT2D eigenvalue weighted by atomic mass is 16.5. The van der Waals surface area contributed by atoms with Gasteiger partial charge < -0.3 is 20.3 Å². The van der Waals surface area contributed by atoms with E-state index in [0.29, 0.717) is 19.5 Å². The lowest BCUT2D eigenvalue weighted by Gasteiger charge is -2.16. The summed E-state index contributed by atoms with van der Waals surface area (Å²) >= 11 is 0. The number of methoxy groups -OCH3 is 1. The summed E-state index contributed by atoms with van der Waals surface area (Å²) in [5.74, 6) is 1.80. The maximum absolute atomic E-state index is 11.8. The van der Waals surface area contributed by atoms with Gasteiger partial charge in [-0.1, -0.05) is 18.2 Å². The number of carbonyl (C=O) groups excluding carboxylic acids is 1. The van der Waals surface area contributed by atoms with Crippen molar-refractivity contribution >= 4 is 17.6 Å². The lowest BCUT2D eigenvalue weighted by Crippen LogP contribution is -2.36. The SMILES string of the molecule is CN=C(NCc1ccc(N2CCCC2=O)cc1)NCc1cc(C)cc(OC)c1. The highest BCUT2D eigenvalue weighted by Crippen LogP contribution is 2.21. The van der Waals surface area contributed by atoms with Gasteiger partial charge in [0, 0.05) is 38.8 Å². The number of carbonyl (C=O) groups is 1. The minimum atomic E-state index is 0.211. The van der Waals surface area contributed by atoms with E-state index in [9.17, 15) is 4.79 Å². The normalized spacial score (nSPS) is 14.3. The Kier molecular flexibility index (Phi) is 6.53. The fourth-order valence-electron chi connectivity index (χ4n) is 3.35. The fraction of sp³-hybridized carbons (Fsp3) is 0.364. The van der Waals surface area contributed by atoms with E-state index >= 15 is 0 Å². The van der Waals surface area contributed by atoms with Crippen LogP contribution in [0.25, 0.3) is 0 Å². The highest BCUT2D eigenvalue weighted by molar-refractivity contribution is 5.95. The summed E-state index contributed by atoms with van der Waals surface area (Å²) in [4.78, 5) is 18.0. The van der Waals surface area contributed by atoms with E-state index in [1.807, 2.05) is 41.3 Å². The van der Waals surface area contributed by atoms with Gasteiger partial charge in [-0.3, -0.25) is 9.79 Å². The van der Waals surface area contributed by atoms with Crippen molar-refractivity contribution < 1.29 is 9.53 Å². The van der Waals surface area contributed by atoms with E-state index in [4.69, 9.17) is 4.74 Å². The average molecular weight is 380 g/mol. The maximum Gasteiger partial charge on any atom is 0.227 e. The van der Waals surface area contributed by atoms with Gasteiger partial charge in [-0.05, 0) is 54.3 Å². The summed E-state index contributed by atoms with van der Waals surface area (Å²) in [6.07, 6.45) is 1.59. The number of ether oxygens (including phenoxy) is 1. The minimum Gasteiger partial charge on any atom is -0.497 e. The van der Waals surface area contributed by atoms with Crippen LogP contribution in [-0.4, -0.2) is 32.6 Å². The molecule has 6 heteroatoms. The van der Waals surface area contributed by atoms with Gasteiger partial charge in [0.25, 0.3) is 0 Å². The first-order valence-corrected chi connectivity index (χ1v) is 9.57. The van der Waals surface area contributed by atoms with Crippen molar-refractivity contribution in [3.05, 3.63) is 59.2 Å². The molecule has 1 aliphatic rings. The van der Waals surface area contributed by atoms with Crippen molar-refractivity contribution in [2.24, 2.45) is 4.99 Å². The molecule has 0 bridgehead atoms. The molecule has 0 unspecified atom stereocenters. The number of hydrogen-bond acceptors (Lipinski definition) is 3. The van der Waals surface area contributed by atoms with Crippen molar-refractivity contribution in [2.75, 3.05) is 25.6 Å². The smallest absolute Gasteiger partial charge is 0.227 e. The number of aliphatic imine (C=N–C) groups is 1. The summed E-state index contributed by atoms with van der Waals surface area (Å²) in [6.45, 7) is 4.19. The molecule has 1 amide bonds. The summed E-state index contributed by atoms with van der Waals surface area (Å²) in [6, 6.07) is 14.3. The Morgan fingerprint density at radius 2 is 1.82 bits per heavy atom. The van der Waals surface area contributed by atoms with Gasteiger partial charge in [0.1, 0.15) is 5.75 Å². The molecule has 0 radical (unpaired) electrons. The number of guanidine groups is 1. The highest BCUT2D eigenvalue weighted by Gasteiger charge is 2.21. The molecule has 2 aromatic rings. The van der Waals surface area contributed by atoms with E-state index in [2.05, 4.69) is 28.6 Å². The number of nitrogens with one attached hydrogen (secondary N) is 2. The van der Waals surface area contributed by atoms with Gasteiger partial charge >= 0.3 is 0 Å². The molecule has 0 spiro atoms. The molecule has 1 heterocycles. The summed E-state index contributed by atoms with van der Waals surface area (Å²) in [5, 5.41) is 6.65. The molecular weight excluding hydrogens is 352 g/mol. The van der Waals surface area contributed by atoms with E-state index in [1.54, 1.807) is 14.2 Å². The molecule has 0 saturated carbocycles. The molecule has 0 aromatic heterocycles. The number of amides is 1. The summed E-state index contributed by atoms with van der Waals surface area (Å²) < 4.78 is 5.33. The van der Waals surface area contributed by atoms with Gasteiger partial charge in [0.05, 0.1) is 7.11 Å². The number of rotatable bonds is 6. The van der Waals surface area contributed by atoms with Crippen LogP contribution < -0.4 is 20.3 Å². The zero-order chi connectivity index (χ0) is 19.9. The summed E-state index contributed by atoms with van der Waals surface area (Å²) in [5.41, 5.74) is 4.41. The van der Waals surface area contributed by atoms with Gasteiger partial charge in [-0.25, -0.2) is 0 Å². The lowest BCUT2D eigenvalue weighted by atomic mass is 10.1. The summed E-state index contributed by atoms with van der Waals surface area (Å²) in [7, 11) is 3.44. The lowest BCUT2D eigenvalue weighted by molar-refractivity contribution is -0.117. The average Bonchev–Trinajstić information content (AvgIpc) is 3.14. The molecule has 6 nitrogen and oxygen atoms in total. The van der Waals surface area contributed by atoms with Crippen LogP contribution in [-0.2, 0) is 17.9 Å². The number of hydrogen-bond donors (Lipinski definition) is 2. The molecule has 1 saturated heterocycles. The van der Waals surface area contributed by atoms with E-state index < -0.39 is 0 Å². The Hall–Kier alpha value is -3.02.